The van der Waals surface area contributed by atoms with Crippen LogP contribution in [0.15, 0.2) is 42.5 Å². The maximum absolute atomic E-state index is 12.6. The zero-order valence-electron chi connectivity index (χ0n) is 14.6. The summed E-state index contributed by atoms with van der Waals surface area (Å²) >= 11 is 0. The van der Waals surface area contributed by atoms with Crippen molar-refractivity contribution in [2.45, 2.75) is 20.8 Å². The number of benzene rings is 2. The highest BCUT2D eigenvalue weighted by Crippen LogP contribution is 2.31. The molecule has 5 nitrogen and oxygen atoms in total. The Labute approximate surface area is 146 Å². The molecule has 25 heavy (non-hydrogen) atoms. The highest BCUT2D eigenvalue weighted by atomic mass is 16.2. The van der Waals surface area contributed by atoms with Gasteiger partial charge in [0.25, 0.3) is 17.7 Å². The Balaban J connectivity index is 1.97. The van der Waals surface area contributed by atoms with Crippen LogP contribution in [-0.4, -0.2) is 35.7 Å². The number of hydrogen-bond acceptors (Lipinski definition) is 3. The molecule has 0 aliphatic carbocycles. The van der Waals surface area contributed by atoms with Gasteiger partial charge in [-0.1, -0.05) is 12.1 Å². The second-order valence-electron chi connectivity index (χ2n) is 5.97. The third kappa shape index (κ3) is 2.71. The normalized spacial score (nSPS) is 13.2. The van der Waals surface area contributed by atoms with Crippen LogP contribution in [-0.2, 0) is 0 Å². The molecule has 0 N–H and O–H groups in total. The van der Waals surface area contributed by atoms with Gasteiger partial charge in [-0.3, -0.25) is 14.4 Å². The highest BCUT2D eigenvalue weighted by molar-refractivity contribution is 6.34. The summed E-state index contributed by atoms with van der Waals surface area (Å²) in [5.74, 6) is -0.708. The van der Waals surface area contributed by atoms with Gasteiger partial charge in [-0.15, -0.1) is 0 Å². The SMILES string of the molecule is CCN(CC)C(=O)c1ccc(N2C(=O)c3ccccc3C2=O)c(C)c1. The summed E-state index contributed by atoms with van der Waals surface area (Å²) in [5.41, 5.74) is 2.61. The summed E-state index contributed by atoms with van der Waals surface area (Å²) < 4.78 is 0. The third-order valence-corrected chi connectivity index (χ3v) is 4.53. The van der Waals surface area contributed by atoms with Gasteiger partial charge in [-0.25, -0.2) is 4.90 Å². The molecule has 0 atom stereocenters. The van der Waals surface area contributed by atoms with Crippen LogP contribution in [0.5, 0.6) is 0 Å². The standard InChI is InChI=1S/C20H20N2O3/c1-4-21(5-2)18(23)14-10-11-17(13(3)12-14)22-19(24)15-8-6-7-9-16(15)20(22)25/h6-12H,4-5H2,1-3H3. The number of imide groups is 1. The van der Waals surface area contributed by atoms with Crippen LogP contribution in [0.25, 0.3) is 0 Å². The lowest BCUT2D eigenvalue weighted by molar-refractivity contribution is 0.0772. The van der Waals surface area contributed by atoms with Gasteiger partial charge < -0.3 is 4.90 Å². The molecule has 2 aromatic rings. The fourth-order valence-corrected chi connectivity index (χ4v) is 3.14. The Kier molecular flexibility index (Phi) is 4.40. The van der Waals surface area contributed by atoms with Gasteiger partial charge >= 0.3 is 0 Å². The van der Waals surface area contributed by atoms with Gasteiger partial charge in [-0.05, 0) is 56.7 Å². The van der Waals surface area contributed by atoms with E-state index in [0.29, 0.717) is 41.0 Å². The van der Waals surface area contributed by atoms with Crippen molar-refractivity contribution in [1.82, 2.24) is 4.90 Å². The number of anilines is 1. The van der Waals surface area contributed by atoms with Crippen molar-refractivity contribution < 1.29 is 14.4 Å². The Morgan fingerprint density at radius 3 is 2.00 bits per heavy atom. The molecule has 1 aliphatic heterocycles. The van der Waals surface area contributed by atoms with Crippen molar-refractivity contribution in [1.29, 1.82) is 0 Å². The van der Waals surface area contributed by atoms with Crippen molar-refractivity contribution in [2.24, 2.45) is 0 Å². The van der Waals surface area contributed by atoms with Crippen molar-refractivity contribution in [3.05, 3.63) is 64.7 Å². The van der Waals surface area contributed by atoms with Crippen LogP contribution in [0.2, 0.25) is 0 Å². The van der Waals surface area contributed by atoms with Crippen LogP contribution in [0.4, 0.5) is 5.69 Å². The molecule has 2 aromatic carbocycles. The fraction of sp³-hybridized carbons (Fsp3) is 0.250. The third-order valence-electron chi connectivity index (χ3n) is 4.53. The van der Waals surface area contributed by atoms with Crippen LogP contribution in [0.3, 0.4) is 0 Å². The average Bonchev–Trinajstić information content (AvgIpc) is 2.87. The Morgan fingerprint density at radius 1 is 0.960 bits per heavy atom. The minimum Gasteiger partial charge on any atom is -0.339 e. The zero-order valence-corrected chi connectivity index (χ0v) is 14.6. The lowest BCUT2D eigenvalue weighted by Gasteiger charge is -2.21. The van der Waals surface area contributed by atoms with Gasteiger partial charge in [0, 0.05) is 18.7 Å². The molecule has 0 unspecified atom stereocenters. The molecule has 3 rings (SSSR count). The minimum atomic E-state index is -0.327. The topological polar surface area (TPSA) is 57.7 Å². The second-order valence-corrected chi connectivity index (χ2v) is 5.97. The molecular weight excluding hydrogens is 316 g/mol. The van der Waals surface area contributed by atoms with E-state index in [2.05, 4.69) is 0 Å². The zero-order chi connectivity index (χ0) is 18.1. The summed E-state index contributed by atoms with van der Waals surface area (Å²) in [6.07, 6.45) is 0. The number of amides is 3. The maximum Gasteiger partial charge on any atom is 0.266 e. The maximum atomic E-state index is 12.6. The fourth-order valence-electron chi connectivity index (χ4n) is 3.14. The molecular formula is C20H20N2O3. The molecule has 0 bridgehead atoms. The Bertz CT molecular complexity index is 834. The average molecular weight is 336 g/mol. The Morgan fingerprint density at radius 2 is 1.52 bits per heavy atom. The molecule has 1 heterocycles. The van der Waals surface area contributed by atoms with E-state index in [-0.39, 0.29) is 17.7 Å². The van der Waals surface area contributed by atoms with E-state index in [1.54, 1.807) is 54.3 Å². The number of carbonyl (C=O) groups excluding carboxylic acids is 3. The van der Waals surface area contributed by atoms with E-state index >= 15 is 0 Å². The van der Waals surface area contributed by atoms with Crippen LogP contribution >= 0.6 is 0 Å². The number of fused-ring (bicyclic) bond motifs is 1. The summed E-state index contributed by atoms with van der Waals surface area (Å²) in [6, 6.07) is 11.9. The lowest BCUT2D eigenvalue weighted by atomic mass is 10.1. The van der Waals surface area contributed by atoms with E-state index in [9.17, 15) is 14.4 Å². The summed E-state index contributed by atoms with van der Waals surface area (Å²) in [5, 5.41) is 0. The van der Waals surface area contributed by atoms with Gasteiger partial charge in [0.2, 0.25) is 0 Å². The van der Waals surface area contributed by atoms with Crippen LogP contribution < -0.4 is 4.90 Å². The minimum absolute atomic E-state index is 0.0537. The van der Waals surface area contributed by atoms with Crippen molar-refractivity contribution in [3.63, 3.8) is 0 Å². The smallest absolute Gasteiger partial charge is 0.266 e. The van der Waals surface area contributed by atoms with Gasteiger partial charge in [-0.2, -0.15) is 0 Å². The first-order valence-corrected chi connectivity index (χ1v) is 8.37. The van der Waals surface area contributed by atoms with Crippen LogP contribution in [0, 0.1) is 6.92 Å². The number of aryl methyl sites for hydroxylation is 1. The van der Waals surface area contributed by atoms with Gasteiger partial charge in [0.15, 0.2) is 0 Å². The highest BCUT2D eigenvalue weighted by Gasteiger charge is 2.37. The van der Waals surface area contributed by atoms with Crippen LogP contribution in [0.1, 0.15) is 50.5 Å². The van der Waals surface area contributed by atoms with E-state index in [1.165, 1.54) is 4.90 Å². The second kappa shape index (κ2) is 6.51. The number of hydrogen-bond donors (Lipinski definition) is 0. The van der Waals surface area contributed by atoms with Gasteiger partial charge in [0.05, 0.1) is 16.8 Å². The van der Waals surface area contributed by atoms with E-state index in [1.807, 2.05) is 13.8 Å². The number of nitrogens with zero attached hydrogens (tertiary/aromatic N) is 2. The van der Waals surface area contributed by atoms with Gasteiger partial charge in [0.1, 0.15) is 0 Å². The first kappa shape index (κ1) is 16.9. The largest absolute Gasteiger partial charge is 0.339 e. The lowest BCUT2D eigenvalue weighted by Crippen LogP contribution is -2.31. The van der Waals surface area contributed by atoms with Crippen molar-refractivity contribution in [2.75, 3.05) is 18.0 Å². The summed E-state index contributed by atoms with van der Waals surface area (Å²) in [4.78, 5) is 40.6. The predicted octanol–water partition coefficient (Wildman–Crippen LogP) is 3.28. The molecule has 0 saturated carbocycles. The molecule has 0 spiro atoms. The molecule has 1 aliphatic rings. The predicted molar refractivity (Wildman–Crippen MR) is 96.0 cm³/mol. The van der Waals surface area contributed by atoms with E-state index in [4.69, 9.17) is 0 Å². The summed E-state index contributed by atoms with van der Waals surface area (Å²) in [7, 11) is 0. The summed E-state index contributed by atoms with van der Waals surface area (Å²) in [6.45, 7) is 6.93. The van der Waals surface area contributed by atoms with Crippen molar-refractivity contribution in [3.8, 4) is 0 Å². The monoisotopic (exact) mass is 336 g/mol. The molecule has 3 amide bonds. The first-order valence-electron chi connectivity index (χ1n) is 8.37. The molecule has 0 fully saturated rings. The van der Waals surface area contributed by atoms with E-state index in [0.717, 1.165) is 0 Å². The number of carbonyl (C=O) groups is 3. The molecule has 5 heteroatoms. The first-order chi connectivity index (χ1) is 12.0. The molecule has 128 valence electrons. The molecule has 0 radical (unpaired) electrons. The molecule has 0 saturated heterocycles. The van der Waals surface area contributed by atoms with E-state index < -0.39 is 0 Å². The number of rotatable bonds is 4. The molecule has 0 aromatic heterocycles. The van der Waals surface area contributed by atoms with Crippen molar-refractivity contribution >= 4 is 23.4 Å². The quantitative estimate of drug-likeness (QED) is 0.805. The Hall–Kier alpha value is -2.95.